The SMILES string of the molecule is CC(C)C(NS(=O)(=O)c1ccccc1F)C(=O)NCCSSCCC(=O)O. The maximum atomic E-state index is 13.8. The number of carboxylic acids is 1. The van der Waals surface area contributed by atoms with Gasteiger partial charge in [-0.05, 0) is 18.1 Å². The quantitative estimate of drug-likeness (QED) is 0.338. The molecule has 0 bridgehead atoms. The average Bonchev–Trinajstić information content (AvgIpc) is 2.58. The van der Waals surface area contributed by atoms with Crippen molar-refractivity contribution < 1.29 is 27.5 Å². The average molecular weight is 439 g/mol. The van der Waals surface area contributed by atoms with Crippen LogP contribution in [0.3, 0.4) is 0 Å². The number of carbonyl (C=O) groups excluding carboxylic acids is 1. The van der Waals surface area contributed by atoms with Crippen LogP contribution in [0.5, 0.6) is 0 Å². The van der Waals surface area contributed by atoms with Crippen molar-refractivity contribution in [3.8, 4) is 0 Å². The highest BCUT2D eigenvalue weighted by molar-refractivity contribution is 8.76. The third-order valence-corrected chi connectivity index (χ3v) is 7.21. The molecule has 11 heteroatoms. The van der Waals surface area contributed by atoms with Crippen molar-refractivity contribution in [1.29, 1.82) is 0 Å². The van der Waals surface area contributed by atoms with Gasteiger partial charge in [-0.15, -0.1) is 0 Å². The van der Waals surface area contributed by atoms with E-state index >= 15 is 0 Å². The minimum Gasteiger partial charge on any atom is -0.481 e. The summed E-state index contributed by atoms with van der Waals surface area (Å²) in [5.41, 5.74) is 0. The molecule has 0 aliphatic carbocycles. The fourth-order valence-corrected chi connectivity index (χ4v) is 5.27. The number of halogens is 1. The van der Waals surface area contributed by atoms with E-state index in [1.165, 1.54) is 33.7 Å². The van der Waals surface area contributed by atoms with Gasteiger partial charge in [0.25, 0.3) is 0 Å². The number of amides is 1. The van der Waals surface area contributed by atoms with Gasteiger partial charge in [0.05, 0.1) is 6.42 Å². The Morgan fingerprint density at radius 2 is 1.81 bits per heavy atom. The Kier molecular flexibility index (Phi) is 10.1. The van der Waals surface area contributed by atoms with E-state index in [1.54, 1.807) is 13.8 Å². The number of hydrogen-bond donors (Lipinski definition) is 3. The fraction of sp³-hybridized carbons (Fsp3) is 0.500. The summed E-state index contributed by atoms with van der Waals surface area (Å²) < 4.78 is 40.8. The molecule has 152 valence electrons. The molecule has 0 fully saturated rings. The van der Waals surface area contributed by atoms with Crippen molar-refractivity contribution >= 4 is 43.5 Å². The van der Waals surface area contributed by atoms with E-state index in [9.17, 15) is 22.4 Å². The van der Waals surface area contributed by atoms with Gasteiger partial charge in [0.2, 0.25) is 15.9 Å². The van der Waals surface area contributed by atoms with E-state index in [2.05, 4.69) is 10.0 Å². The van der Waals surface area contributed by atoms with Crippen molar-refractivity contribution in [3.63, 3.8) is 0 Å². The lowest BCUT2D eigenvalue weighted by Gasteiger charge is -2.21. The molecule has 0 saturated carbocycles. The molecule has 7 nitrogen and oxygen atoms in total. The fourth-order valence-electron chi connectivity index (χ4n) is 1.96. The molecule has 3 N–H and O–H groups in total. The number of nitrogens with one attached hydrogen (secondary N) is 2. The predicted octanol–water partition coefficient (Wildman–Crippen LogP) is 2.10. The monoisotopic (exact) mass is 438 g/mol. The van der Waals surface area contributed by atoms with Gasteiger partial charge in [-0.3, -0.25) is 9.59 Å². The molecule has 1 rings (SSSR count). The van der Waals surface area contributed by atoms with E-state index in [-0.39, 0.29) is 12.3 Å². The Morgan fingerprint density at radius 1 is 1.19 bits per heavy atom. The molecule has 0 aliphatic heterocycles. The van der Waals surface area contributed by atoms with Gasteiger partial charge in [-0.1, -0.05) is 47.6 Å². The Hall–Kier alpha value is -1.30. The Bertz CT molecular complexity index is 743. The molecule has 27 heavy (non-hydrogen) atoms. The summed E-state index contributed by atoms with van der Waals surface area (Å²) in [6.45, 7) is 3.67. The zero-order valence-corrected chi connectivity index (χ0v) is 17.4. The van der Waals surface area contributed by atoms with E-state index in [0.29, 0.717) is 18.1 Å². The number of sulfonamides is 1. The Morgan fingerprint density at radius 3 is 2.41 bits per heavy atom. The van der Waals surface area contributed by atoms with Crippen LogP contribution in [0.15, 0.2) is 29.2 Å². The van der Waals surface area contributed by atoms with Crippen molar-refractivity contribution in [2.75, 3.05) is 18.1 Å². The molecule has 1 aromatic carbocycles. The first kappa shape index (κ1) is 23.7. The summed E-state index contributed by atoms with van der Waals surface area (Å²) in [5, 5.41) is 11.2. The Labute approximate surface area is 166 Å². The van der Waals surface area contributed by atoms with Crippen LogP contribution in [0.2, 0.25) is 0 Å². The van der Waals surface area contributed by atoms with Crippen LogP contribution in [0, 0.1) is 11.7 Å². The minimum absolute atomic E-state index is 0.0667. The normalized spacial score (nSPS) is 12.7. The lowest BCUT2D eigenvalue weighted by molar-refractivity contribution is -0.136. The van der Waals surface area contributed by atoms with Crippen molar-refractivity contribution in [1.82, 2.24) is 10.0 Å². The second-order valence-corrected chi connectivity index (χ2v) is 10.2. The zero-order chi connectivity index (χ0) is 20.4. The van der Waals surface area contributed by atoms with Crippen LogP contribution < -0.4 is 10.0 Å². The first-order chi connectivity index (χ1) is 12.6. The molecule has 1 atom stereocenters. The number of rotatable bonds is 12. The summed E-state index contributed by atoms with van der Waals surface area (Å²) >= 11 is 0. The maximum Gasteiger partial charge on any atom is 0.304 e. The molecular weight excluding hydrogens is 415 g/mol. The lowest BCUT2D eigenvalue weighted by Crippen LogP contribution is -2.50. The largest absolute Gasteiger partial charge is 0.481 e. The second kappa shape index (κ2) is 11.5. The van der Waals surface area contributed by atoms with Crippen LogP contribution in [0.25, 0.3) is 0 Å². The van der Waals surface area contributed by atoms with Crippen molar-refractivity contribution in [3.05, 3.63) is 30.1 Å². The highest BCUT2D eigenvalue weighted by Gasteiger charge is 2.29. The second-order valence-electron chi connectivity index (χ2n) is 5.85. The van der Waals surface area contributed by atoms with Gasteiger partial charge in [-0.25, -0.2) is 12.8 Å². The Balaban J connectivity index is 2.56. The number of benzene rings is 1. The number of aliphatic carboxylic acids is 1. The minimum atomic E-state index is -4.18. The summed E-state index contributed by atoms with van der Waals surface area (Å²) in [4.78, 5) is 22.2. The molecule has 0 heterocycles. The van der Waals surface area contributed by atoms with Crippen LogP contribution in [0.1, 0.15) is 20.3 Å². The predicted molar refractivity (Wildman–Crippen MR) is 106 cm³/mol. The van der Waals surface area contributed by atoms with E-state index in [0.717, 1.165) is 12.1 Å². The molecule has 1 amide bonds. The van der Waals surface area contributed by atoms with Gasteiger partial charge in [-0.2, -0.15) is 4.72 Å². The lowest BCUT2D eigenvalue weighted by atomic mass is 10.1. The third-order valence-electron chi connectivity index (χ3n) is 3.32. The smallest absolute Gasteiger partial charge is 0.304 e. The summed E-state index contributed by atoms with van der Waals surface area (Å²) in [7, 11) is -1.37. The first-order valence-corrected chi connectivity index (χ1v) is 12.1. The molecular formula is C16H23FN2O5S3. The van der Waals surface area contributed by atoms with Crippen LogP contribution >= 0.6 is 21.6 Å². The van der Waals surface area contributed by atoms with E-state index in [4.69, 9.17) is 5.11 Å². The van der Waals surface area contributed by atoms with Crippen LogP contribution in [-0.2, 0) is 19.6 Å². The van der Waals surface area contributed by atoms with Crippen LogP contribution in [0.4, 0.5) is 4.39 Å². The molecule has 0 saturated heterocycles. The van der Waals surface area contributed by atoms with E-state index < -0.39 is 38.7 Å². The van der Waals surface area contributed by atoms with Gasteiger partial charge in [0.1, 0.15) is 16.8 Å². The summed E-state index contributed by atoms with van der Waals surface area (Å²) in [6, 6.07) is 3.92. The molecule has 0 aliphatic rings. The van der Waals surface area contributed by atoms with Gasteiger partial charge in [0.15, 0.2) is 0 Å². The molecule has 0 spiro atoms. The topological polar surface area (TPSA) is 113 Å². The van der Waals surface area contributed by atoms with Crippen molar-refractivity contribution in [2.24, 2.45) is 5.92 Å². The van der Waals surface area contributed by atoms with Gasteiger partial charge in [0, 0.05) is 18.1 Å². The molecule has 0 radical (unpaired) electrons. The van der Waals surface area contributed by atoms with Gasteiger partial charge >= 0.3 is 5.97 Å². The molecule has 1 unspecified atom stereocenters. The highest BCUT2D eigenvalue weighted by atomic mass is 33.1. The molecule has 1 aromatic rings. The first-order valence-electron chi connectivity index (χ1n) is 8.16. The van der Waals surface area contributed by atoms with Gasteiger partial charge < -0.3 is 10.4 Å². The number of hydrogen-bond acceptors (Lipinski definition) is 6. The summed E-state index contributed by atoms with van der Waals surface area (Å²) in [6.07, 6.45) is 0.0667. The summed E-state index contributed by atoms with van der Waals surface area (Å²) in [5.74, 6) is -1.59. The number of carboxylic acid groups (broad SMARTS) is 1. The zero-order valence-electron chi connectivity index (χ0n) is 15.0. The third kappa shape index (κ3) is 8.50. The maximum absolute atomic E-state index is 13.8. The highest BCUT2D eigenvalue weighted by Crippen LogP contribution is 2.21. The van der Waals surface area contributed by atoms with Crippen molar-refractivity contribution in [2.45, 2.75) is 31.2 Å². The standard InChI is InChI=1S/C16H23FN2O5S3/c1-11(2)15(16(22)18-8-10-26-25-9-7-14(20)21)19-27(23,24)13-6-4-3-5-12(13)17/h3-6,11,15,19H,7-10H2,1-2H3,(H,18,22)(H,20,21). The van der Waals surface area contributed by atoms with E-state index in [1.807, 2.05) is 0 Å². The number of carbonyl (C=O) groups is 2. The molecule has 0 aromatic heterocycles. The van der Waals surface area contributed by atoms with Crippen LogP contribution in [-0.4, -0.2) is 49.5 Å².